The Balaban J connectivity index is 1.25. The van der Waals surface area contributed by atoms with Crippen molar-refractivity contribution in [1.29, 1.82) is 5.41 Å². The van der Waals surface area contributed by atoms with Crippen LogP contribution in [0.5, 0.6) is 0 Å². The number of carboxylic acids is 1. The van der Waals surface area contributed by atoms with E-state index in [9.17, 15) is 24.3 Å². The Labute approximate surface area is 300 Å². The molecule has 4 heterocycles. The number of aromatic nitrogens is 2. The second kappa shape index (κ2) is 15.7. The van der Waals surface area contributed by atoms with Gasteiger partial charge in [-0.3, -0.25) is 14.5 Å². The highest BCUT2D eigenvalue weighted by molar-refractivity contribution is 8.00. The highest BCUT2D eigenvalue weighted by atomic mass is 35.5. The van der Waals surface area contributed by atoms with Gasteiger partial charge in [0.1, 0.15) is 28.5 Å². The number of ketones is 1. The van der Waals surface area contributed by atoms with Crippen molar-refractivity contribution >= 4 is 92.0 Å². The second-order valence-corrected chi connectivity index (χ2v) is 14.3. The van der Waals surface area contributed by atoms with Crippen molar-refractivity contribution in [3.63, 3.8) is 0 Å². The number of aliphatic carboxylic acids is 1. The molecule has 0 radical (unpaired) electrons. The van der Waals surface area contributed by atoms with Gasteiger partial charge in [0, 0.05) is 35.2 Å². The first kappa shape index (κ1) is 36.3. The van der Waals surface area contributed by atoms with Crippen LogP contribution in [0, 0.1) is 11.3 Å². The molecule has 1 saturated heterocycles. The molecule has 3 amide bonds. The monoisotopic (exact) mass is 740 g/mol. The lowest BCUT2D eigenvalue weighted by Gasteiger charge is -2.49. The lowest BCUT2D eigenvalue weighted by Crippen LogP contribution is -2.62. The van der Waals surface area contributed by atoms with Crippen LogP contribution in [0.2, 0.25) is 4.34 Å². The first-order valence-corrected chi connectivity index (χ1v) is 17.6. The summed E-state index contributed by atoms with van der Waals surface area (Å²) >= 11 is 8.49. The Hall–Kier alpha value is -5.00. The van der Waals surface area contributed by atoms with Crippen LogP contribution in [0.25, 0.3) is 0 Å². The quantitative estimate of drug-likeness (QED) is 0.0599. The molecular weight excluding hydrogens is 706 g/mol. The average Bonchev–Trinajstić information content (AvgIpc) is 3.40. The number of amides is 3. The highest BCUT2D eigenvalue weighted by Crippen LogP contribution is 2.45. The number of fused-ring (bicyclic) bond motifs is 1. The molecule has 0 aliphatic carbocycles. The maximum Gasteiger partial charge on any atom is 0.352 e. The summed E-state index contributed by atoms with van der Waals surface area (Å²) < 4.78 is 1.81. The summed E-state index contributed by atoms with van der Waals surface area (Å²) in [5.41, 5.74) is 15.0. The van der Waals surface area contributed by atoms with E-state index in [1.807, 2.05) is 12.1 Å². The number of Topliss-reactive ketones (excluding diaryl/α,β-unsaturated/α-hetero) is 1. The molecule has 3 aromatic rings. The van der Waals surface area contributed by atoms with E-state index in [2.05, 4.69) is 20.8 Å². The van der Waals surface area contributed by atoms with Crippen LogP contribution in [0.15, 0.2) is 59.2 Å². The molecule has 5 rings (SSSR count). The topological polar surface area (TPSA) is 230 Å². The largest absolute Gasteiger partial charge is 0.477 e. The minimum absolute atomic E-state index is 0.0527. The fourth-order valence-corrected chi connectivity index (χ4v) is 7.92. The van der Waals surface area contributed by atoms with Crippen LogP contribution in [0.3, 0.4) is 0 Å². The number of nitrogens with two attached hydrogens (primary N) is 2. The van der Waals surface area contributed by atoms with Gasteiger partial charge < -0.3 is 37.5 Å². The molecule has 1 fully saturated rings. The number of carboxylic acid groups (broad SMARTS) is 1. The van der Waals surface area contributed by atoms with Crippen LogP contribution in [-0.4, -0.2) is 68.3 Å². The van der Waals surface area contributed by atoms with E-state index in [0.29, 0.717) is 28.3 Å². The number of anilines is 4. The average molecular weight is 741 g/mol. The molecule has 2 aromatic heterocycles. The normalized spacial score (nSPS) is 17.1. The van der Waals surface area contributed by atoms with E-state index in [1.165, 1.54) is 23.8 Å². The van der Waals surface area contributed by atoms with Gasteiger partial charge in [-0.2, -0.15) is 4.57 Å². The number of halogens is 1. The number of nitrogens with one attached hydrogen (secondary N) is 3. The van der Waals surface area contributed by atoms with Crippen molar-refractivity contribution in [3.05, 3.63) is 69.6 Å². The summed E-state index contributed by atoms with van der Waals surface area (Å²) in [6, 6.07) is 8.50. The molecule has 0 unspecified atom stereocenters. The number of β-lactam (4-membered cyclic amide) rings is 1. The second-order valence-electron chi connectivity index (χ2n) is 11.6. The molecule has 15 nitrogen and oxygen atoms in total. The minimum Gasteiger partial charge on any atom is -0.477 e. The van der Waals surface area contributed by atoms with Gasteiger partial charge in [0.15, 0.2) is 35.6 Å². The predicted octanol–water partition coefficient (Wildman–Crippen LogP) is 4.13. The lowest BCUT2D eigenvalue weighted by atomic mass is 9.89. The molecule has 50 heavy (non-hydrogen) atoms. The number of urea groups is 1. The summed E-state index contributed by atoms with van der Waals surface area (Å²) in [7, 11) is 1.26. The van der Waals surface area contributed by atoms with Crippen molar-refractivity contribution in [1.82, 2.24) is 9.88 Å². The maximum absolute atomic E-state index is 13.3. The zero-order chi connectivity index (χ0) is 36.1. The van der Waals surface area contributed by atoms with Gasteiger partial charge in [-0.15, -0.1) is 11.8 Å². The summed E-state index contributed by atoms with van der Waals surface area (Å²) in [6.07, 6.45) is 5.42. The highest BCUT2D eigenvalue weighted by Gasteiger charge is 2.54. The van der Waals surface area contributed by atoms with Gasteiger partial charge >= 0.3 is 12.0 Å². The van der Waals surface area contributed by atoms with Gasteiger partial charge in [0.05, 0.1) is 17.0 Å². The van der Waals surface area contributed by atoms with E-state index < -0.39 is 35.0 Å². The van der Waals surface area contributed by atoms with E-state index >= 15 is 0 Å². The van der Waals surface area contributed by atoms with Crippen molar-refractivity contribution in [2.45, 2.75) is 44.5 Å². The third-order valence-corrected chi connectivity index (χ3v) is 10.4. The number of carbonyl (C=O) groups is 4. The molecular formula is C32H35ClN9O6S2+. The molecule has 1 aromatic carbocycles. The van der Waals surface area contributed by atoms with Gasteiger partial charge in [-0.05, 0) is 43.9 Å². The molecule has 262 valence electrons. The zero-order valence-electron chi connectivity index (χ0n) is 27.1. The number of pyridine rings is 1. The number of thioether (sulfide) groups is 1. The molecule has 18 heteroatoms. The number of rotatable bonds is 14. The summed E-state index contributed by atoms with van der Waals surface area (Å²) in [6.45, 7) is 1.88. The molecule has 8 N–H and O–H groups in total. The maximum atomic E-state index is 13.3. The Morgan fingerprint density at radius 1 is 1.22 bits per heavy atom. The smallest absolute Gasteiger partial charge is 0.352 e. The Kier molecular flexibility index (Phi) is 11.4. The third kappa shape index (κ3) is 8.23. The SMILES string of the molecule is CO/N=C(\C(=O)C[C@@H]1C(=O)N2C(C(=O)O)=C(C[n+]3ccc(N)c(NC(=O)Nc4ccc(CCCC(C)=N)cc4)c3)CS[C@H]12)c1nc(N)sc1Cl. The minimum atomic E-state index is -1.28. The van der Waals surface area contributed by atoms with E-state index in [0.717, 1.165) is 36.2 Å². The van der Waals surface area contributed by atoms with Crippen LogP contribution < -0.4 is 26.7 Å². The number of nitrogens with zero attached hydrogens (tertiary/aromatic N) is 4. The number of aryl methyl sites for hydroxylation is 1. The molecule has 2 atom stereocenters. The molecule has 2 aliphatic heterocycles. The number of carbonyl (C=O) groups excluding carboxylic acids is 3. The fraction of sp³-hybridized carbons (Fsp3) is 0.312. The summed E-state index contributed by atoms with van der Waals surface area (Å²) in [5.74, 6) is -2.87. The number of hydrogen-bond acceptors (Lipinski definition) is 12. The van der Waals surface area contributed by atoms with Crippen LogP contribution in [-0.2, 0) is 32.2 Å². The van der Waals surface area contributed by atoms with Crippen LogP contribution in [0.4, 0.5) is 27.0 Å². The number of oxime groups is 1. The van der Waals surface area contributed by atoms with Gasteiger partial charge in [0.25, 0.3) is 0 Å². The number of benzene rings is 1. The number of hydrogen-bond donors (Lipinski definition) is 6. The molecule has 0 spiro atoms. The van der Waals surface area contributed by atoms with Crippen molar-refractivity contribution < 1.29 is 33.7 Å². The Morgan fingerprint density at radius 2 is 1.96 bits per heavy atom. The fourth-order valence-electron chi connectivity index (χ4n) is 5.59. The number of nitrogen functional groups attached to an aromatic ring is 2. The van der Waals surface area contributed by atoms with Crippen LogP contribution >= 0.6 is 34.7 Å². The summed E-state index contributed by atoms with van der Waals surface area (Å²) in [5, 5.41) is 26.5. The molecule has 2 aliphatic rings. The summed E-state index contributed by atoms with van der Waals surface area (Å²) in [4.78, 5) is 61.9. The lowest BCUT2D eigenvalue weighted by molar-refractivity contribution is -0.688. The van der Waals surface area contributed by atoms with Crippen molar-refractivity contribution in [2.75, 3.05) is 35.0 Å². The van der Waals surface area contributed by atoms with E-state index in [4.69, 9.17) is 33.3 Å². The Morgan fingerprint density at radius 3 is 2.60 bits per heavy atom. The first-order chi connectivity index (χ1) is 23.9. The predicted molar refractivity (Wildman–Crippen MR) is 192 cm³/mol. The first-order valence-electron chi connectivity index (χ1n) is 15.3. The van der Waals surface area contributed by atoms with Gasteiger partial charge in [0.2, 0.25) is 5.91 Å². The third-order valence-electron chi connectivity index (χ3n) is 7.94. The Bertz CT molecular complexity index is 1910. The van der Waals surface area contributed by atoms with Gasteiger partial charge in [-0.1, -0.05) is 40.2 Å². The standard InChI is InChI=1S/C32H34ClN9O6S2/c1-16(34)4-3-5-17-6-8-19(9-7-17)37-32(47)38-22-14-41(11-10-21(22)35)13-18-15-49-29-20(28(44)42(29)26(18)30(45)46)12-23(43)24(40-48-2)25-27(33)50-31(36)39-25/h6-11,14,20,29,34-35H,3-5,12-13,15H2,1-2H3,(H5,36,37,38,39,45,46,47)/p+1/b34-16?,40-24+/t20-,29-/m1/s1. The molecule has 0 bridgehead atoms. The number of thiazole rings is 1. The zero-order valence-corrected chi connectivity index (χ0v) is 29.5. The molecule has 0 saturated carbocycles. The van der Waals surface area contributed by atoms with Gasteiger partial charge in [-0.25, -0.2) is 14.6 Å². The van der Waals surface area contributed by atoms with Crippen molar-refractivity contribution in [2.24, 2.45) is 11.1 Å². The van der Waals surface area contributed by atoms with E-state index in [-0.39, 0.29) is 45.3 Å². The van der Waals surface area contributed by atoms with Crippen LogP contribution in [0.1, 0.15) is 37.4 Å². The van der Waals surface area contributed by atoms with E-state index in [1.54, 1.807) is 42.1 Å². The van der Waals surface area contributed by atoms with Crippen molar-refractivity contribution in [3.8, 4) is 0 Å².